The molecule has 20 heavy (non-hydrogen) atoms. The molecule has 1 aromatic rings. The molecule has 2 rings (SSSR count). The second-order valence-electron chi connectivity index (χ2n) is 4.44. The molecule has 0 spiro atoms. The molecular formula is C11H11F6N3. The molecule has 112 valence electrons. The molecule has 1 aromatic heterocycles. The minimum absolute atomic E-state index is 0.0413. The second-order valence-corrected chi connectivity index (χ2v) is 4.44. The van der Waals surface area contributed by atoms with Crippen LogP contribution in [-0.2, 0) is 0 Å². The molecule has 3 nitrogen and oxygen atoms in total. The lowest BCUT2D eigenvalue weighted by atomic mass is 10.3. The van der Waals surface area contributed by atoms with Crippen molar-refractivity contribution in [1.29, 1.82) is 0 Å². The van der Waals surface area contributed by atoms with Gasteiger partial charge in [-0.05, 0) is 0 Å². The highest BCUT2D eigenvalue weighted by Crippen LogP contribution is 2.22. The number of piperazine rings is 1. The maximum atomic E-state index is 13.5. The topological polar surface area (TPSA) is 19.4 Å². The lowest BCUT2D eigenvalue weighted by Gasteiger charge is -2.35. The van der Waals surface area contributed by atoms with E-state index in [0.29, 0.717) is 6.07 Å². The van der Waals surface area contributed by atoms with Gasteiger partial charge in [-0.1, -0.05) is 0 Å². The molecule has 1 fully saturated rings. The van der Waals surface area contributed by atoms with Gasteiger partial charge in [-0.2, -0.15) is 22.5 Å². The number of nitrogens with zero attached hydrogens (tertiary/aromatic N) is 3. The Balaban J connectivity index is 2.02. The van der Waals surface area contributed by atoms with Gasteiger partial charge in [-0.15, -0.1) is 0 Å². The Bertz CT molecular complexity index is 482. The fraction of sp³-hybridized carbons (Fsp3) is 0.545. The molecule has 0 unspecified atom stereocenters. The zero-order valence-corrected chi connectivity index (χ0v) is 10.2. The summed E-state index contributed by atoms with van der Waals surface area (Å²) in [6, 6.07) is 0.375. The third-order valence-electron chi connectivity index (χ3n) is 2.94. The van der Waals surface area contributed by atoms with Crippen molar-refractivity contribution < 1.29 is 26.3 Å². The van der Waals surface area contributed by atoms with E-state index in [9.17, 15) is 26.3 Å². The summed E-state index contributed by atoms with van der Waals surface area (Å²) in [5.74, 6) is -4.25. The first-order valence-corrected chi connectivity index (χ1v) is 5.82. The molecule has 0 aliphatic carbocycles. The summed E-state index contributed by atoms with van der Waals surface area (Å²) in [6.07, 6.45) is -4.30. The van der Waals surface area contributed by atoms with E-state index in [1.807, 2.05) is 0 Å². The van der Waals surface area contributed by atoms with Crippen molar-refractivity contribution in [2.24, 2.45) is 0 Å². The lowest BCUT2D eigenvalue weighted by Crippen LogP contribution is -2.49. The summed E-state index contributed by atoms with van der Waals surface area (Å²) in [7, 11) is 0. The van der Waals surface area contributed by atoms with Crippen LogP contribution in [0.25, 0.3) is 0 Å². The Labute approximate surface area is 110 Å². The first-order valence-electron chi connectivity index (χ1n) is 5.82. The van der Waals surface area contributed by atoms with Gasteiger partial charge in [-0.3, -0.25) is 4.90 Å². The third kappa shape index (κ3) is 3.53. The van der Waals surface area contributed by atoms with Crippen LogP contribution in [0, 0.1) is 17.6 Å². The maximum Gasteiger partial charge on any atom is 0.401 e. The van der Waals surface area contributed by atoms with Crippen LogP contribution in [0.2, 0.25) is 0 Å². The molecule has 0 bridgehead atoms. The largest absolute Gasteiger partial charge is 0.401 e. The Morgan fingerprint density at radius 3 is 2.15 bits per heavy atom. The SMILES string of the molecule is Fc1cc(F)c(N2CCN(CC(F)(F)F)CC2)nc1F. The van der Waals surface area contributed by atoms with E-state index in [-0.39, 0.29) is 32.0 Å². The minimum Gasteiger partial charge on any atom is -0.352 e. The van der Waals surface area contributed by atoms with Crippen molar-refractivity contribution in [3.63, 3.8) is 0 Å². The highest BCUT2D eigenvalue weighted by Gasteiger charge is 2.32. The summed E-state index contributed by atoms with van der Waals surface area (Å²) in [6.45, 7) is -0.843. The first kappa shape index (κ1) is 14.9. The molecule has 1 aliphatic heterocycles. The highest BCUT2D eigenvalue weighted by atomic mass is 19.4. The van der Waals surface area contributed by atoms with Gasteiger partial charge in [0.15, 0.2) is 17.5 Å². The van der Waals surface area contributed by atoms with Gasteiger partial charge in [0.2, 0.25) is 0 Å². The third-order valence-corrected chi connectivity index (χ3v) is 2.94. The molecule has 0 saturated carbocycles. The number of anilines is 1. The van der Waals surface area contributed by atoms with E-state index in [4.69, 9.17) is 0 Å². The molecule has 0 radical (unpaired) electrons. The van der Waals surface area contributed by atoms with E-state index in [1.54, 1.807) is 0 Å². The van der Waals surface area contributed by atoms with Crippen LogP contribution in [0.15, 0.2) is 6.07 Å². The molecule has 0 atom stereocenters. The Kier molecular flexibility index (Phi) is 4.07. The number of hydrogen-bond acceptors (Lipinski definition) is 3. The van der Waals surface area contributed by atoms with Gasteiger partial charge >= 0.3 is 6.18 Å². The van der Waals surface area contributed by atoms with E-state index < -0.39 is 30.3 Å². The van der Waals surface area contributed by atoms with Gasteiger partial charge in [0.25, 0.3) is 5.95 Å². The first-order chi connectivity index (χ1) is 9.26. The van der Waals surface area contributed by atoms with Crippen molar-refractivity contribution in [3.8, 4) is 0 Å². The van der Waals surface area contributed by atoms with Crippen molar-refractivity contribution in [2.75, 3.05) is 37.6 Å². The average Bonchev–Trinajstić information content (AvgIpc) is 2.33. The van der Waals surface area contributed by atoms with E-state index in [0.717, 1.165) is 4.90 Å². The van der Waals surface area contributed by atoms with Crippen LogP contribution in [0.4, 0.5) is 32.2 Å². The predicted molar refractivity (Wildman–Crippen MR) is 58.8 cm³/mol. The number of halogens is 6. The molecule has 9 heteroatoms. The van der Waals surface area contributed by atoms with Crippen molar-refractivity contribution in [2.45, 2.75) is 6.18 Å². The molecule has 1 aliphatic rings. The van der Waals surface area contributed by atoms with Crippen LogP contribution in [0.5, 0.6) is 0 Å². The van der Waals surface area contributed by atoms with Crippen LogP contribution in [-0.4, -0.2) is 48.8 Å². The Hall–Kier alpha value is -1.51. The smallest absolute Gasteiger partial charge is 0.352 e. The van der Waals surface area contributed by atoms with Crippen LogP contribution in [0.1, 0.15) is 0 Å². The summed E-state index contributed by atoms with van der Waals surface area (Å²) < 4.78 is 75.8. The summed E-state index contributed by atoms with van der Waals surface area (Å²) in [5.41, 5.74) is 0. The fourth-order valence-corrected chi connectivity index (χ4v) is 2.03. The normalized spacial score (nSPS) is 17.6. The minimum atomic E-state index is -4.30. The molecule has 1 saturated heterocycles. The number of pyridine rings is 1. The van der Waals surface area contributed by atoms with Gasteiger partial charge in [-0.25, -0.2) is 8.78 Å². The van der Waals surface area contributed by atoms with Gasteiger partial charge < -0.3 is 4.90 Å². The lowest BCUT2D eigenvalue weighted by molar-refractivity contribution is -0.146. The van der Waals surface area contributed by atoms with Gasteiger partial charge in [0, 0.05) is 32.2 Å². The Morgan fingerprint density at radius 1 is 1.00 bits per heavy atom. The summed E-state index contributed by atoms with van der Waals surface area (Å²) in [5, 5.41) is 0. The molecule has 0 aromatic carbocycles. The standard InChI is InChI=1S/C11H11F6N3/c12-7-5-8(13)10(18-9(7)14)20-3-1-19(2-4-20)6-11(15,16)17/h5H,1-4,6H2. The van der Waals surface area contributed by atoms with Gasteiger partial charge in [0.05, 0.1) is 6.54 Å². The number of alkyl halides is 3. The van der Waals surface area contributed by atoms with Crippen LogP contribution in [0.3, 0.4) is 0 Å². The quantitative estimate of drug-likeness (QED) is 0.616. The highest BCUT2D eigenvalue weighted by molar-refractivity contribution is 5.40. The van der Waals surface area contributed by atoms with Crippen molar-refractivity contribution in [1.82, 2.24) is 9.88 Å². The van der Waals surface area contributed by atoms with Crippen LogP contribution >= 0.6 is 0 Å². The zero-order valence-electron chi connectivity index (χ0n) is 10.2. The Morgan fingerprint density at radius 2 is 1.60 bits per heavy atom. The van der Waals surface area contributed by atoms with Gasteiger partial charge in [0.1, 0.15) is 0 Å². The number of hydrogen-bond donors (Lipinski definition) is 0. The zero-order chi connectivity index (χ0) is 14.9. The fourth-order valence-electron chi connectivity index (χ4n) is 2.03. The summed E-state index contributed by atoms with van der Waals surface area (Å²) in [4.78, 5) is 5.62. The van der Waals surface area contributed by atoms with Crippen molar-refractivity contribution >= 4 is 5.82 Å². The van der Waals surface area contributed by atoms with E-state index in [2.05, 4.69) is 4.98 Å². The average molecular weight is 299 g/mol. The monoisotopic (exact) mass is 299 g/mol. The second kappa shape index (κ2) is 5.47. The van der Waals surface area contributed by atoms with E-state index in [1.165, 1.54) is 4.90 Å². The molecule has 0 N–H and O–H groups in total. The maximum absolute atomic E-state index is 13.5. The predicted octanol–water partition coefficient (Wildman–Crippen LogP) is 2.18. The van der Waals surface area contributed by atoms with Crippen molar-refractivity contribution in [3.05, 3.63) is 23.6 Å². The molecule has 0 amide bonds. The summed E-state index contributed by atoms with van der Waals surface area (Å²) >= 11 is 0. The number of aromatic nitrogens is 1. The van der Waals surface area contributed by atoms with E-state index >= 15 is 0 Å². The molecule has 2 heterocycles. The van der Waals surface area contributed by atoms with Crippen LogP contribution < -0.4 is 4.90 Å². The molecular weight excluding hydrogens is 288 g/mol. The number of rotatable bonds is 2.